The summed E-state index contributed by atoms with van der Waals surface area (Å²) < 4.78 is 5.97. The zero-order valence-corrected chi connectivity index (χ0v) is 10.2. The minimum Gasteiger partial charge on any atom is -0.371 e. The molecule has 0 saturated carbocycles. The average molecular weight is 223 g/mol. The average Bonchev–Trinajstić information content (AvgIpc) is 2.59. The maximum absolute atomic E-state index is 9.07. The molecule has 0 aliphatic carbocycles. The van der Waals surface area contributed by atoms with Crippen LogP contribution in [0.15, 0.2) is 0 Å². The molecule has 2 aliphatic heterocycles. The SMILES string of the molecule is CC1(C)CCC(CN2CCNCC2C#N)O1. The molecule has 0 bridgehead atoms. The molecule has 0 spiro atoms. The van der Waals surface area contributed by atoms with Crippen LogP contribution in [0.25, 0.3) is 0 Å². The molecule has 2 atom stereocenters. The van der Waals surface area contributed by atoms with Crippen molar-refractivity contribution in [1.82, 2.24) is 10.2 Å². The van der Waals surface area contributed by atoms with Crippen molar-refractivity contribution in [2.24, 2.45) is 0 Å². The topological polar surface area (TPSA) is 48.3 Å². The molecule has 16 heavy (non-hydrogen) atoms. The quantitative estimate of drug-likeness (QED) is 0.750. The summed E-state index contributed by atoms with van der Waals surface area (Å²) in [5.74, 6) is 0. The summed E-state index contributed by atoms with van der Waals surface area (Å²) in [5.41, 5.74) is 0.0286. The van der Waals surface area contributed by atoms with Gasteiger partial charge < -0.3 is 10.1 Å². The predicted octanol–water partition coefficient (Wildman–Crippen LogP) is 0.741. The minimum atomic E-state index is 0.0149. The summed E-state index contributed by atoms with van der Waals surface area (Å²) in [6.45, 7) is 7.92. The third kappa shape index (κ3) is 2.73. The molecule has 90 valence electrons. The molecule has 4 heteroatoms. The van der Waals surface area contributed by atoms with Gasteiger partial charge >= 0.3 is 0 Å². The van der Waals surface area contributed by atoms with Crippen molar-refractivity contribution < 1.29 is 4.74 Å². The summed E-state index contributed by atoms with van der Waals surface area (Å²) >= 11 is 0. The summed E-state index contributed by atoms with van der Waals surface area (Å²) in [5, 5.41) is 12.3. The number of hydrogen-bond acceptors (Lipinski definition) is 4. The lowest BCUT2D eigenvalue weighted by Crippen LogP contribution is -2.52. The first-order valence-electron chi connectivity index (χ1n) is 6.13. The highest BCUT2D eigenvalue weighted by atomic mass is 16.5. The molecule has 2 unspecified atom stereocenters. The fourth-order valence-corrected chi connectivity index (χ4v) is 2.56. The lowest BCUT2D eigenvalue weighted by Gasteiger charge is -2.33. The smallest absolute Gasteiger partial charge is 0.110 e. The van der Waals surface area contributed by atoms with Crippen LogP contribution in [-0.2, 0) is 4.74 Å². The Kier molecular flexibility index (Phi) is 3.48. The number of nitrogens with zero attached hydrogens (tertiary/aromatic N) is 2. The third-order valence-corrected chi connectivity index (χ3v) is 3.50. The lowest BCUT2D eigenvalue weighted by atomic mass is 10.1. The molecular weight excluding hydrogens is 202 g/mol. The zero-order chi connectivity index (χ0) is 11.6. The van der Waals surface area contributed by atoms with E-state index in [1.165, 1.54) is 0 Å². The predicted molar refractivity (Wildman–Crippen MR) is 62.0 cm³/mol. The van der Waals surface area contributed by atoms with Crippen molar-refractivity contribution in [1.29, 1.82) is 5.26 Å². The van der Waals surface area contributed by atoms with Gasteiger partial charge in [0.1, 0.15) is 6.04 Å². The maximum atomic E-state index is 9.07. The number of piperazine rings is 1. The van der Waals surface area contributed by atoms with Gasteiger partial charge in [0.15, 0.2) is 0 Å². The lowest BCUT2D eigenvalue weighted by molar-refractivity contribution is -0.0328. The van der Waals surface area contributed by atoms with Crippen LogP contribution in [0, 0.1) is 11.3 Å². The van der Waals surface area contributed by atoms with Crippen molar-refractivity contribution >= 4 is 0 Å². The third-order valence-electron chi connectivity index (χ3n) is 3.50. The van der Waals surface area contributed by atoms with Crippen LogP contribution >= 0.6 is 0 Å². The molecule has 0 amide bonds. The Bertz CT molecular complexity index is 284. The molecule has 2 rings (SSSR count). The van der Waals surface area contributed by atoms with E-state index in [1.807, 2.05) is 0 Å². The Hall–Kier alpha value is -0.630. The Morgan fingerprint density at radius 3 is 3.00 bits per heavy atom. The van der Waals surface area contributed by atoms with Crippen LogP contribution in [0.5, 0.6) is 0 Å². The van der Waals surface area contributed by atoms with Crippen LogP contribution in [-0.4, -0.2) is 48.8 Å². The molecule has 4 nitrogen and oxygen atoms in total. The van der Waals surface area contributed by atoms with Crippen LogP contribution in [0.4, 0.5) is 0 Å². The van der Waals surface area contributed by atoms with Crippen molar-refractivity contribution in [3.05, 3.63) is 0 Å². The van der Waals surface area contributed by atoms with Gasteiger partial charge in [-0.2, -0.15) is 5.26 Å². The second-order valence-electron chi connectivity index (χ2n) is 5.38. The van der Waals surface area contributed by atoms with Crippen molar-refractivity contribution in [2.75, 3.05) is 26.2 Å². The first-order chi connectivity index (χ1) is 7.61. The fraction of sp³-hybridized carbons (Fsp3) is 0.917. The second-order valence-corrected chi connectivity index (χ2v) is 5.38. The van der Waals surface area contributed by atoms with Gasteiger partial charge in [-0.25, -0.2) is 0 Å². The van der Waals surface area contributed by atoms with Crippen LogP contribution in [0.2, 0.25) is 0 Å². The number of nitrogens with one attached hydrogen (secondary N) is 1. The van der Waals surface area contributed by atoms with E-state index < -0.39 is 0 Å². The molecule has 2 saturated heterocycles. The number of ether oxygens (including phenoxy) is 1. The normalized spacial score (nSPS) is 34.8. The Balaban J connectivity index is 1.87. The molecule has 0 aromatic heterocycles. The second kappa shape index (κ2) is 4.70. The largest absolute Gasteiger partial charge is 0.371 e. The summed E-state index contributed by atoms with van der Waals surface area (Å²) in [6.07, 6.45) is 2.56. The first kappa shape index (κ1) is 11.8. The monoisotopic (exact) mass is 223 g/mol. The highest BCUT2D eigenvalue weighted by Crippen LogP contribution is 2.30. The van der Waals surface area contributed by atoms with Crippen LogP contribution in [0.1, 0.15) is 26.7 Å². The maximum Gasteiger partial charge on any atom is 0.110 e. The Morgan fingerprint density at radius 1 is 1.56 bits per heavy atom. The van der Waals surface area contributed by atoms with Gasteiger partial charge in [0.05, 0.1) is 17.8 Å². The molecule has 0 radical (unpaired) electrons. The van der Waals surface area contributed by atoms with Gasteiger partial charge in [0, 0.05) is 26.2 Å². The van der Waals surface area contributed by atoms with Crippen molar-refractivity contribution in [3.63, 3.8) is 0 Å². The Labute approximate surface area is 97.6 Å². The van der Waals surface area contributed by atoms with Crippen molar-refractivity contribution in [2.45, 2.75) is 44.4 Å². The van der Waals surface area contributed by atoms with E-state index in [9.17, 15) is 0 Å². The highest BCUT2D eigenvalue weighted by molar-refractivity contribution is 4.97. The molecule has 2 aliphatic rings. The van der Waals surface area contributed by atoms with E-state index in [-0.39, 0.29) is 11.6 Å². The molecule has 0 aromatic rings. The molecule has 0 aromatic carbocycles. The summed E-state index contributed by atoms with van der Waals surface area (Å²) in [4.78, 5) is 2.25. The fourth-order valence-electron chi connectivity index (χ4n) is 2.56. The molecule has 2 heterocycles. The Morgan fingerprint density at radius 2 is 2.38 bits per heavy atom. The van der Waals surface area contributed by atoms with Crippen molar-refractivity contribution in [3.8, 4) is 6.07 Å². The van der Waals surface area contributed by atoms with E-state index >= 15 is 0 Å². The number of hydrogen-bond donors (Lipinski definition) is 1. The van der Waals surface area contributed by atoms with E-state index in [0.29, 0.717) is 6.10 Å². The summed E-state index contributed by atoms with van der Waals surface area (Å²) in [7, 11) is 0. The molecule has 1 N–H and O–H groups in total. The standard InChI is InChI=1S/C12H21N3O/c1-12(2)4-3-11(16-12)9-15-6-5-14-8-10(15)7-13/h10-11,14H,3-6,8-9H2,1-2H3. The summed E-state index contributed by atoms with van der Waals surface area (Å²) in [6, 6.07) is 2.37. The molecule has 2 fully saturated rings. The number of nitriles is 1. The zero-order valence-electron chi connectivity index (χ0n) is 10.2. The van der Waals surface area contributed by atoms with E-state index in [1.54, 1.807) is 0 Å². The first-order valence-corrected chi connectivity index (χ1v) is 6.13. The van der Waals surface area contributed by atoms with Gasteiger partial charge in [0.2, 0.25) is 0 Å². The van der Waals surface area contributed by atoms with E-state index in [4.69, 9.17) is 10.00 Å². The molecular formula is C12H21N3O. The minimum absolute atomic E-state index is 0.0149. The van der Waals surface area contributed by atoms with Gasteiger partial charge in [-0.3, -0.25) is 4.90 Å². The van der Waals surface area contributed by atoms with Crippen LogP contribution in [0.3, 0.4) is 0 Å². The van der Waals surface area contributed by atoms with E-state index in [0.717, 1.165) is 39.0 Å². The highest BCUT2D eigenvalue weighted by Gasteiger charge is 2.34. The van der Waals surface area contributed by atoms with Crippen LogP contribution < -0.4 is 5.32 Å². The van der Waals surface area contributed by atoms with Gasteiger partial charge in [-0.15, -0.1) is 0 Å². The van der Waals surface area contributed by atoms with Gasteiger partial charge in [-0.05, 0) is 26.7 Å². The van der Waals surface area contributed by atoms with Gasteiger partial charge in [-0.1, -0.05) is 0 Å². The van der Waals surface area contributed by atoms with E-state index in [2.05, 4.69) is 30.1 Å². The number of rotatable bonds is 2. The van der Waals surface area contributed by atoms with Gasteiger partial charge in [0.25, 0.3) is 0 Å².